The van der Waals surface area contributed by atoms with Crippen molar-refractivity contribution in [2.75, 3.05) is 5.32 Å². The predicted molar refractivity (Wildman–Crippen MR) is 86.0 cm³/mol. The minimum absolute atomic E-state index is 0.0316. The van der Waals surface area contributed by atoms with Crippen LogP contribution in [0.2, 0.25) is 10.4 Å². The number of hydrogen-bond acceptors (Lipinski definition) is 4. The van der Waals surface area contributed by atoms with E-state index in [2.05, 4.69) is 20.3 Å². The summed E-state index contributed by atoms with van der Waals surface area (Å²) in [6.45, 7) is -0.0607. The van der Waals surface area contributed by atoms with Crippen LogP contribution in [0.3, 0.4) is 0 Å². The van der Waals surface area contributed by atoms with Crippen LogP contribution in [0.5, 0.6) is 0 Å². The van der Waals surface area contributed by atoms with E-state index in [-0.39, 0.29) is 22.5 Å². The fraction of sp³-hybridized carbons (Fsp3) is 0.133. The molecule has 3 aromatic rings. The van der Waals surface area contributed by atoms with E-state index in [0.717, 1.165) is 6.07 Å². The van der Waals surface area contributed by atoms with Crippen molar-refractivity contribution >= 4 is 39.9 Å². The number of alkyl halides is 2. The molecule has 0 bridgehead atoms. The first kappa shape index (κ1) is 16.7. The molecule has 0 unspecified atom stereocenters. The lowest BCUT2D eigenvalue weighted by Gasteiger charge is -2.11. The molecule has 0 spiro atoms. The van der Waals surface area contributed by atoms with Crippen molar-refractivity contribution in [1.29, 1.82) is 0 Å². The lowest BCUT2D eigenvalue weighted by molar-refractivity contribution is 0.146. The van der Waals surface area contributed by atoms with Gasteiger partial charge in [0.15, 0.2) is 0 Å². The molecule has 0 amide bonds. The maximum absolute atomic E-state index is 14.1. The number of anilines is 1. The average Bonchev–Trinajstić information content (AvgIpc) is 2.54. The number of hydrogen-bond donors (Lipinski definition) is 1. The van der Waals surface area contributed by atoms with Gasteiger partial charge in [-0.3, -0.25) is 0 Å². The number of halogens is 5. The largest absolute Gasteiger partial charge is 0.365 e. The van der Waals surface area contributed by atoms with Gasteiger partial charge in [0.05, 0.1) is 17.3 Å². The molecule has 1 N–H and O–H groups in total. The molecule has 0 aliphatic heterocycles. The zero-order valence-corrected chi connectivity index (χ0v) is 13.4. The summed E-state index contributed by atoms with van der Waals surface area (Å²) in [5.41, 5.74) is -0.119. The molecule has 0 aliphatic carbocycles. The summed E-state index contributed by atoms with van der Waals surface area (Å²) in [6, 6.07) is 5.36. The Balaban J connectivity index is 1.94. The summed E-state index contributed by atoms with van der Waals surface area (Å²) in [5, 5.41) is 3.60. The van der Waals surface area contributed by atoms with Gasteiger partial charge in [-0.2, -0.15) is 0 Å². The average molecular weight is 373 g/mol. The maximum atomic E-state index is 14.1. The molecule has 2 heterocycles. The van der Waals surface area contributed by atoms with Crippen molar-refractivity contribution in [2.24, 2.45) is 0 Å². The molecule has 3 rings (SSSR count). The molecule has 1 aromatic carbocycles. The normalized spacial score (nSPS) is 11.2. The minimum atomic E-state index is -2.89. The molecule has 0 saturated carbocycles. The minimum Gasteiger partial charge on any atom is -0.365 e. The Labute approximate surface area is 144 Å². The highest BCUT2D eigenvalue weighted by Gasteiger charge is 2.16. The van der Waals surface area contributed by atoms with Gasteiger partial charge in [-0.25, -0.2) is 28.1 Å². The predicted octanol–water partition coefficient (Wildman–Crippen LogP) is 5.02. The highest BCUT2D eigenvalue weighted by molar-refractivity contribution is 6.30. The van der Waals surface area contributed by atoms with Gasteiger partial charge in [-0.15, -0.1) is 0 Å². The van der Waals surface area contributed by atoms with E-state index in [9.17, 15) is 13.2 Å². The van der Waals surface area contributed by atoms with Gasteiger partial charge < -0.3 is 5.32 Å². The SMILES string of the molecule is Fc1c(CNc2nc(Cl)nc3cnc(Cl)cc23)cccc1C(F)F. The third kappa shape index (κ3) is 3.37. The van der Waals surface area contributed by atoms with Gasteiger partial charge in [0, 0.05) is 17.5 Å². The Morgan fingerprint density at radius 1 is 1.17 bits per heavy atom. The van der Waals surface area contributed by atoms with Gasteiger partial charge in [0.25, 0.3) is 6.43 Å². The van der Waals surface area contributed by atoms with Crippen molar-refractivity contribution < 1.29 is 13.2 Å². The van der Waals surface area contributed by atoms with Crippen molar-refractivity contribution in [1.82, 2.24) is 15.0 Å². The molecular weight excluding hydrogens is 364 g/mol. The molecular formula is C15H9Cl2F3N4. The third-order valence-electron chi connectivity index (χ3n) is 3.31. The van der Waals surface area contributed by atoms with Crippen molar-refractivity contribution in [3.8, 4) is 0 Å². The zero-order valence-electron chi connectivity index (χ0n) is 11.9. The van der Waals surface area contributed by atoms with Crippen LogP contribution in [0, 0.1) is 5.82 Å². The quantitative estimate of drug-likeness (QED) is 0.515. The first-order chi connectivity index (χ1) is 11.5. The number of pyridine rings is 1. The Morgan fingerprint density at radius 3 is 2.71 bits per heavy atom. The van der Waals surface area contributed by atoms with E-state index in [1.165, 1.54) is 24.4 Å². The Bertz CT molecular complexity index is 905. The topological polar surface area (TPSA) is 50.7 Å². The summed E-state index contributed by atoms with van der Waals surface area (Å²) in [6.07, 6.45) is -1.46. The molecule has 2 aromatic heterocycles. The Hall–Kier alpha value is -2.12. The number of nitrogens with one attached hydrogen (secondary N) is 1. The van der Waals surface area contributed by atoms with Crippen LogP contribution in [0.15, 0.2) is 30.5 Å². The summed E-state index contributed by atoms with van der Waals surface area (Å²) >= 11 is 11.7. The van der Waals surface area contributed by atoms with Crippen LogP contribution in [0.25, 0.3) is 10.9 Å². The van der Waals surface area contributed by atoms with E-state index in [4.69, 9.17) is 23.2 Å². The Morgan fingerprint density at radius 2 is 1.96 bits per heavy atom. The van der Waals surface area contributed by atoms with Crippen molar-refractivity contribution in [3.63, 3.8) is 0 Å². The van der Waals surface area contributed by atoms with Gasteiger partial charge in [-0.1, -0.05) is 29.8 Å². The first-order valence-corrected chi connectivity index (χ1v) is 7.49. The second-order valence-corrected chi connectivity index (χ2v) is 5.57. The maximum Gasteiger partial charge on any atom is 0.266 e. The van der Waals surface area contributed by atoms with Gasteiger partial charge in [-0.05, 0) is 17.7 Å². The number of benzene rings is 1. The van der Waals surface area contributed by atoms with Crippen LogP contribution in [-0.2, 0) is 6.54 Å². The summed E-state index contributed by atoms with van der Waals surface area (Å²) in [7, 11) is 0. The number of aromatic nitrogens is 3. The molecule has 9 heteroatoms. The number of rotatable bonds is 4. The van der Waals surface area contributed by atoms with Gasteiger partial charge in [0.1, 0.15) is 16.8 Å². The van der Waals surface area contributed by atoms with Crippen LogP contribution in [-0.4, -0.2) is 15.0 Å². The smallest absolute Gasteiger partial charge is 0.266 e. The lowest BCUT2D eigenvalue weighted by atomic mass is 10.1. The standard InChI is InChI=1S/C15H9Cl2F3N4/c16-11-4-9-10(6-21-11)23-15(17)24-14(9)22-5-7-2-1-3-8(12(7)18)13(19)20/h1-4,6,13H,5H2,(H,22,23,24). The molecule has 0 fully saturated rings. The summed E-state index contributed by atoms with van der Waals surface area (Å²) in [4.78, 5) is 11.9. The van der Waals surface area contributed by atoms with Gasteiger partial charge in [0.2, 0.25) is 5.28 Å². The van der Waals surface area contributed by atoms with E-state index >= 15 is 0 Å². The Kier molecular flexibility index (Phi) is 4.73. The summed E-state index contributed by atoms with van der Waals surface area (Å²) < 4.78 is 39.6. The fourth-order valence-corrected chi connectivity index (χ4v) is 2.53. The number of nitrogens with zero attached hydrogens (tertiary/aromatic N) is 3. The number of fused-ring (bicyclic) bond motifs is 1. The summed E-state index contributed by atoms with van der Waals surface area (Å²) in [5.74, 6) is -0.652. The van der Waals surface area contributed by atoms with E-state index in [0.29, 0.717) is 16.7 Å². The van der Waals surface area contributed by atoms with E-state index in [1.54, 1.807) is 0 Å². The second kappa shape index (κ2) is 6.78. The fourth-order valence-electron chi connectivity index (χ4n) is 2.20. The van der Waals surface area contributed by atoms with Crippen LogP contribution >= 0.6 is 23.2 Å². The molecule has 0 atom stereocenters. The van der Waals surface area contributed by atoms with E-state index < -0.39 is 17.8 Å². The van der Waals surface area contributed by atoms with Crippen LogP contribution in [0.1, 0.15) is 17.6 Å². The highest BCUT2D eigenvalue weighted by atomic mass is 35.5. The highest BCUT2D eigenvalue weighted by Crippen LogP contribution is 2.27. The van der Waals surface area contributed by atoms with Crippen LogP contribution < -0.4 is 5.32 Å². The molecule has 24 heavy (non-hydrogen) atoms. The molecule has 0 radical (unpaired) electrons. The monoisotopic (exact) mass is 372 g/mol. The lowest BCUT2D eigenvalue weighted by Crippen LogP contribution is -2.06. The molecule has 0 saturated heterocycles. The third-order valence-corrected chi connectivity index (χ3v) is 3.69. The van der Waals surface area contributed by atoms with E-state index in [1.807, 2.05) is 0 Å². The molecule has 124 valence electrons. The van der Waals surface area contributed by atoms with Crippen LogP contribution in [0.4, 0.5) is 19.0 Å². The first-order valence-electron chi connectivity index (χ1n) is 6.74. The second-order valence-electron chi connectivity index (χ2n) is 4.84. The molecule has 4 nitrogen and oxygen atoms in total. The van der Waals surface area contributed by atoms with Crippen molar-refractivity contribution in [2.45, 2.75) is 13.0 Å². The van der Waals surface area contributed by atoms with Crippen molar-refractivity contribution in [3.05, 3.63) is 57.8 Å². The zero-order chi connectivity index (χ0) is 17.3. The van der Waals surface area contributed by atoms with Gasteiger partial charge >= 0.3 is 0 Å². The molecule has 0 aliphatic rings.